The highest BCUT2D eigenvalue weighted by Gasteiger charge is 2.41. The Morgan fingerprint density at radius 1 is 0.973 bits per heavy atom. The molecule has 2 saturated heterocycles. The Bertz CT molecular complexity index is 1120. The van der Waals surface area contributed by atoms with Crippen LogP contribution in [0.25, 0.3) is 0 Å². The molecule has 0 saturated carbocycles. The fourth-order valence-corrected chi connectivity index (χ4v) is 5.32. The number of alkyl halides is 3. The summed E-state index contributed by atoms with van der Waals surface area (Å²) >= 11 is 6.15. The van der Waals surface area contributed by atoms with E-state index in [0.29, 0.717) is 36.7 Å². The molecule has 200 valence electrons. The predicted molar refractivity (Wildman–Crippen MR) is 136 cm³/mol. The first-order chi connectivity index (χ1) is 17.6. The number of benzene rings is 2. The van der Waals surface area contributed by atoms with E-state index in [4.69, 9.17) is 16.3 Å². The van der Waals surface area contributed by atoms with Crippen molar-refractivity contribution in [2.45, 2.75) is 51.6 Å². The molecule has 4 rings (SSSR count). The normalized spacial score (nSPS) is 20.6. The largest absolute Gasteiger partial charge is 0.493 e. The number of likely N-dealkylation sites (tertiary alicyclic amines) is 2. The number of carbonyl (C=O) groups is 2. The highest BCUT2D eigenvalue weighted by atomic mass is 35.5. The molecule has 2 fully saturated rings. The number of rotatable bonds is 6. The number of ether oxygens (including phenoxy) is 1. The van der Waals surface area contributed by atoms with E-state index in [2.05, 4.69) is 0 Å². The lowest BCUT2D eigenvalue weighted by atomic mass is 9.77. The third-order valence-electron chi connectivity index (χ3n) is 7.32. The molecule has 2 aromatic rings. The monoisotopic (exact) mass is 536 g/mol. The molecule has 2 aliphatic heterocycles. The Balaban J connectivity index is 1.53. The molecular weight excluding hydrogens is 505 g/mol. The van der Waals surface area contributed by atoms with E-state index in [9.17, 15) is 22.8 Å². The molecule has 2 aromatic carbocycles. The van der Waals surface area contributed by atoms with Crippen LogP contribution >= 0.6 is 11.6 Å². The zero-order valence-electron chi connectivity index (χ0n) is 21.0. The molecule has 9 heteroatoms. The lowest BCUT2D eigenvalue weighted by Crippen LogP contribution is -2.51. The van der Waals surface area contributed by atoms with E-state index in [-0.39, 0.29) is 30.4 Å². The first kappa shape index (κ1) is 27.3. The summed E-state index contributed by atoms with van der Waals surface area (Å²) in [4.78, 5) is 30.1. The van der Waals surface area contributed by atoms with Crippen LogP contribution in [0.3, 0.4) is 0 Å². The number of aryl methyl sites for hydroxylation is 1. The van der Waals surface area contributed by atoms with Gasteiger partial charge in [-0.2, -0.15) is 13.2 Å². The lowest BCUT2D eigenvalue weighted by molar-refractivity contribution is -0.137. The van der Waals surface area contributed by atoms with Crippen LogP contribution < -0.4 is 4.74 Å². The van der Waals surface area contributed by atoms with Gasteiger partial charge in [0.25, 0.3) is 5.91 Å². The summed E-state index contributed by atoms with van der Waals surface area (Å²) in [6.07, 6.45) is 0.238. The Morgan fingerprint density at radius 2 is 1.65 bits per heavy atom. The van der Waals surface area contributed by atoms with Crippen LogP contribution in [-0.2, 0) is 11.0 Å². The van der Waals surface area contributed by atoms with Crippen LogP contribution in [0.15, 0.2) is 42.5 Å². The molecule has 2 heterocycles. The van der Waals surface area contributed by atoms with Crippen molar-refractivity contribution in [3.8, 4) is 5.75 Å². The average molecular weight is 537 g/mol. The molecular formula is C28H32ClF3N2O3. The highest BCUT2D eigenvalue weighted by Crippen LogP contribution is 2.37. The fourth-order valence-electron chi connectivity index (χ4n) is 5.20. The minimum Gasteiger partial charge on any atom is -0.493 e. The average Bonchev–Trinajstić information content (AvgIpc) is 2.89. The number of nitrogens with zero attached hydrogens (tertiary/aromatic N) is 2. The maximum Gasteiger partial charge on any atom is 0.416 e. The van der Waals surface area contributed by atoms with E-state index >= 15 is 0 Å². The van der Waals surface area contributed by atoms with Gasteiger partial charge < -0.3 is 14.5 Å². The van der Waals surface area contributed by atoms with Crippen LogP contribution in [-0.4, -0.2) is 54.4 Å². The van der Waals surface area contributed by atoms with Gasteiger partial charge in [0.05, 0.1) is 12.2 Å². The van der Waals surface area contributed by atoms with Gasteiger partial charge in [0, 0.05) is 48.6 Å². The molecule has 1 atom stereocenters. The van der Waals surface area contributed by atoms with Gasteiger partial charge in [0.1, 0.15) is 5.75 Å². The number of hydrogen-bond acceptors (Lipinski definition) is 3. The van der Waals surface area contributed by atoms with E-state index in [1.54, 1.807) is 17.0 Å². The van der Waals surface area contributed by atoms with Crippen molar-refractivity contribution in [1.29, 1.82) is 0 Å². The van der Waals surface area contributed by atoms with Crippen LogP contribution in [0.4, 0.5) is 13.2 Å². The Labute approximate surface area is 220 Å². The number of piperidine rings is 2. The number of hydrogen-bond donors (Lipinski definition) is 0. The van der Waals surface area contributed by atoms with Crippen LogP contribution in [0.1, 0.15) is 60.0 Å². The second-order valence-corrected chi connectivity index (χ2v) is 10.6. The Kier molecular flexibility index (Phi) is 8.36. The second kappa shape index (κ2) is 11.3. The third-order valence-corrected chi connectivity index (χ3v) is 7.74. The molecule has 5 nitrogen and oxygen atoms in total. The first-order valence-electron chi connectivity index (χ1n) is 12.7. The van der Waals surface area contributed by atoms with Crippen LogP contribution in [0, 0.1) is 12.3 Å². The third kappa shape index (κ3) is 6.78. The van der Waals surface area contributed by atoms with Gasteiger partial charge in [0.2, 0.25) is 5.91 Å². The van der Waals surface area contributed by atoms with Gasteiger partial charge in [0.15, 0.2) is 0 Å². The molecule has 2 amide bonds. The minimum atomic E-state index is -4.46. The van der Waals surface area contributed by atoms with Crippen molar-refractivity contribution < 1.29 is 27.5 Å². The van der Waals surface area contributed by atoms with E-state index in [0.717, 1.165) is 50.0 Å². The maximum absolute atomic E-state index is 13.3. The zero-order valence-corrected chi connectivity index (χ0v) is 21.7. The molecule has 0 unspecified atom stereocenters. The molecule has 0 radical (unpaired) electrons. The molecule has 0 aromatic heterocycles. The minimum absolute atomic E-state index is 0.0550. The standard InChI is InChI=1S/C28H32ClF3N2O3/c1-20-16-23(10-11-24(20)29)37-19-27(17-25(35)33-13-3-2-4-14-33)12-5-15-34(18-27)26(36)21-6-8-22(9-7-21)28(30,31)32/h6-11,16H,2-5,12-15,17-19H2,1H3/t27-/m1/s1. The van der Waals surface area contributed by atoms with Gasteiger partial charge >= 0.3 is 6.18 Å². The van der Waals surface area contributed by atoms with Crippen LogP contribution in [0.2, 0.25) is 5.02 Å². The van der Waals surface area contributed by atoms with Crippen molar-refractivity contribution in [2.24, 2.45) is 5.41 Å². The number of halogens is 4. The lowest BCUT2D eigenvalue weighted by Gasteiger charge is -2.43. The summed E-state index contributed by atoms with van der Waals surface area (Å²) in [6.45, 7) is 4.36. The highest BCUT2D eigenvalue weighted by molar-refractivity contribution is 6.31. The quantitative estimate of drug-likeness (QED) is 0.431. The van der Waals surface area contributed by atoms with Crippen molar-refractivity contribution in [3.63, 3.8) is 0 Å². The topological polar surface area (TPSA) is 49.9 Å². The number of carbonyl (C=O) groups excluding carboxylic acids is 2. The molecule has 2 aliphatic rings. The molecule has 0 N–H and O–H groups in total. The van der Waals surface area contributed by atoms with Gasteiger partial charge in [-0.15, -0.1) is 0 Å². The first-order valence-corrected chi connectivity index (χ1v) is 13.1. The summed E-state index contributed by atoms with van der Waals surface area (Å²) in [5.74, 6) is 0.350. The van der Waals surface area contributed by atoms with Gasteiger partial charge in [-0.05, 0) is 87.1 Å². The second-order valence-electron chi connectivity index (χ2n) is 10.2. The SMILES string of the molecule is Cc1cc(OC[C@@]2(CC(=O)N3CCCCC3)CCCN(C(=O)c3ccc(C(F)(F)F)cc3)C2)ccc1Cl. The zero-order chi connectivity index (χ0) is 26.6. The molecule has 37 heavy (non-hydrogen) atoms. The van der Waals surface area contributed by atoms with Gasteiger partial charge in [-0.25, -0.2) is 0 Å². The van der Waals surface area contributed by atoms with E-state index < -0.39 is 17.2 Å². The Morgan fingerprint density at radius 3 is 2.30 bits per heavy atom. The van der Waals surface area contributed by atoms with Crippen molar-refractivity contribution >= 4 is 23.4 Å². The van der Waals surface area contributed by atoms with E-state index in [1.807, 2.05) is 17.9 Å². The van der Waals surface area contributed by atoms with Crippen molar-refractivity contribution in [2.75, 3.05) is 32.8 Å². The summed E-state index contributed by atoms with van der Waals surface area (Å²) < 4.78 is 45.1. The van der Waals surface area contributed by atoms with Gasteiger partial charge in [-0.3, -0.25) is 9.59 Å². The fraction of sp³-hybridized carbons (Fsp3) is 0.500. The summed E-state index contributed by atoms with van der Waals surface area (Å²) in [5.41, 5.74) is -0.335. The van der Waals surface area contributed by atoms with Crippen LogP contribution in [0.5, 0.6) is 5.75 Å². The number of amides is 2. The maximum atomic E-state index is 13.3. The molecule has 0 bridgehead atoms. The summed E-state index contributed by atoms with van der Waals surface area (Å²) in [6, 6.07) is 9.67. The predicted octanol–water partition coefficient (Wildman–Crippen LogP) is 6.37. The smallest absolute Gasteiger partial charge is 0.416 e. The summed E-state index contributed by atoms with van der Waals surface area (Å²) in [5, 5.41) is 0.633. The van der Waals surface area contributed by atoms with Crippen molar-refractivity contribution in [3.05, 3.63) is 64.2 Å². The molecule has 0 spiro atoms. The van der Waals surface area contributed by atoms with E-state index in [1.165, 1.54) is 12.1 Å². The summed E-state index contributed by atoms with van der Waals surface area (Å²) in [7, 11) is 0. The van der Waals surface area contributed by atoms with Crippen molar-refractivity contribution in [1.82, 2.24) is 9.80 Å². The Hall–Kier alpha value is -2.74. The molecule has 0 aliphatic carbocycles. The van der Waals surface area contributed by atoms with Gasteiger partial charge in [-0.1, -0.05) is 11.6 Å².